The third-order valence-electron chi connectivity index (χ3n) is 4.79. The van der Waals surface area contributed by atoms with Gasteiger partial charge >= 0.3 is 0 Å². The van der Waals surface area contributed by atoms with Crippen LogP contribution in [0, 0.1) is 11.3 Å². The van der Waals surface area contributed by atoms with E-state index in [1.807, 2.05) is 12.1 Å². The highest BCUT2D eigenvalue weighted by atomic mass is 16.2. The molecule has 1 saturated carbocycles. The molecule has 2 fully saturated rings. The molecule has 4 rings (SSSR count). The molecule has 7 heteroatoms. The van der Waals surface area contributed by atoms with Gasteiger partial charge in [0, 0.05) is 12.1 Å². The summed E-state index contributed by atoms with van der Waals surface area (Å²) in [5, 5.41) is 10.5. The average Bonchev–Trinajstić information content (AvgIpc) is 2.99. The van der Waals surface area contributed by atoms with Gasteiger partial charge in [-0.1, -0.05) is 0 Å². The van der Waals surface area contributed by atoms with Gasteiger partial charge in [-0.3, -0.25) is 4.79 Å². The van der Waals surface area contributed by atoms with Crippen molar-refractivity contribution in [1.82, 2.24) is 25.1 Å². The predicted octanol–water partition coefficient (Wildman–Crippen LogP) is 0.990. The van der Waals surface area contributed by atoms with E-state index in [4.69, 9.17) is 0 Å². The second kappa shape index (κ2) is 5.17. The maximum absolute atomic E-state index is 12.6. The maximum atomic E-state index is 12.6. The first-order valence-electron chi connectivity index (χ1n) is 7.60. The number of anilines is 1. The standard InChI is InChI=1S/C15H18N6O/c22-14(11-8-15(11)3-6-16-7-4-15)20-12-2-1-5-18-13(12)21-10-17-9-19-21/h1-2,5,9-11,16H,3-4,6-8H2,(H,20,22). The van der Waals surface area contributed by atoms with Crippen LogP contribution in [-0.2, 0) is 4.79 Å². The first-order chi connectivity index (χ1) is 10.8. The van der Waals surface area contributed by atoms with Crippen LogP contribution < -0.4 is 10.6 Å². The summed E-state index contributed by atoms with van der Waals surface area (Å²) in [7, 11) is 0. The Balaban J connectivity index is 1.51. The normalized spacial score (nSPS) is 22.5. The van der Waals surface area contributed by atoms with Crippen molar-refractivity contribution in [2.45, 2.75) is 19.3 Å². The van der Waals surface area contributed by atoms with Crippen LogP contribution in [0.5, 0.6) is 0 Å². The van der Waals surface area contributed by atoms with Gasteiger partial charge in [0.1, 0.15) is 12.7 Å². The number of nitrogens with one attached hydrogen (secondary N) is 2. The van der Waals surface area contributed by atoms with Gasteiger partial charge in [-0.25, -0.2) is 14.6 Å². The highest BCUT2D eigenvalue weighted by Crippen LogP contribution is 2.58. The van der Waals surface area contributed by atoms with Crippen molar-refractivity contribution in [2.75, 3.05) is 18.4 Å². The fourth-order valence-corrected chi connectivity index (χ4v) is 3.41. The zero-order chi connectivity index (χ0) is 15.0. The largest absolute Gasteiger partial charge is 0.323 e. The lowest BCUT2D eigenvalue weighted by molar-refractivity contribution is -0.118. The highest BCUT2D eigenvalue weighted by Gasteiger charge is 2.57. The Bertz CT molecular complexity index is 677. The molecule has 7 nitrogen and oxygen atoms in total. The molecule has 3 heterocycles. The van der Waals surface area contributed by atoms with Crippen molar-refractivity contribution in [3.63, 3.8) is 0 Å². The minimum atomic E-state index is 0.0938. The van der Waals surface area contributed by atoms with Crippen LogP contribution in [0.15, 0.2) is 31.0 Å². The molecule has 0 bridgehead atoms. The third kappa shape index (κ3) is 2.27. The lowest BCUT2D eigenvalue weighted by Crippen LogP contribution is -2.31. The number of pyridine rings is 1. The summed E-state index contributed by atoms with van der Waals surface area (Å²) in [6.45, 7) is 2.03. The minimum absolute atomic E-state index is 0.0938. The van der Waals surface area contributed by atoms with Crippen LogP contribution in [0.3, 0.4) is 0 Å². The van der Waals surface area contributed by atoms with Crippen molar-refractivity contribution < 1.29 is 4.79 Å². The van der Waals surface area contributed by atoms with Crippen LogP contribution in [0.4, 0.5) is 5.69 Å². The van der Waals surface area contributed by atoms with Crippen molar-refractivity contribution in [2.24, 2.45) is 11.3 Å². The van der Waals surface area contributed by atoms with Crippen LogP contribution >= 0.6 is 0 Å². The molecule has 0 radical (unpaired) electrons. The first-order valence-corrected chi connectivity index (χ1v) is 7.60. The smallest absolute Gasteiger partial charge is 0.228 e. The van der Waals surface area contributed by atoms with Gasteiger partial charge in [0.2, 0.25) is 5.91 Å². The molecule has 0 aromatic carbocycles. The second-order valence-corrected chi connectivity index (χ2v) is 6.07. The summed E-state index contributed by atoms with van der Waals surface area (Å²) < 4.78 is 1.56. The van der Waals surface area contributed by atoms with Crippen LogP contribution in [0.25, 0.3) is 5.82 Å². The third-order valence-corrected chi connectivity index (χ3v) is 4.79. The van der Waals surface area contributed by atoms with Crippen molar-refractivity contribution in [1.29, 1.82) is 0 Å². The van der Waals surface area contributed by atoms with Crippen LogP contribution in [0.2, 0.25) is 0 Å². The van der Waals surface area contributed by atoms with E-state index in [2.05, 4.69) is 25.7 Å². The van der Waals surface area contributed by atoms with E-state index >= 15 is 0 Å². The monoisotopic (exact) mass is 298 g/mol. The average molecular weight is 298 g/mol. The molecule has 114 valence electrons. The highest BCUT2D eigenvalue weighted by molar-refractivity contribution is 5.96. The van der Waals surface area contributed by atoms with E-state index in [1.54, 1.807) is 17.2 Å². The number of piperidine rings is 1. The molecule has 1 atom stereocenters. The topological polar surface area (TPSA) is 84.7 Å². The summed E-state index contributed by atoms with van der Waals surface area (Å²) in [5.74, 6) is 0.808. The SMILES string of the molecule is O=C(Nc1cccnc1-n1cncn1)C1CC12CCNCC2. The molecule has 2 aliphatic rings. The lowest BCUT2D eigenvalue weighted by Gasteiger charge is -2.23. The molecule has 1 amide bonds. The van der Waals surface area contributed by atoms with E-state index in [9.17, 15) is 4.79 Å². The Kier molecular flexibility index (Phi) is 3.15. The second-order valence-electron chi connectivity index (χ2n) is 6.07. The molecule has 1 aliphatic heterocycles. The summed E-state index contributed by atoms with van der Waals surface area (Å²) in [6.07, 6.45) is 7.88. The van der Waals surface area contributed by atoms with E-state index < -0.39 is 0 Å². The van der Waals surface area contributed by atoms with Crippen molar-refractivity contribution in [3.8, 4) is 5.82 Å². The number of carbonyl (C=O) groups excluding carboxylic acids is 1. The Hall–Kier alpha value is -2.28. The fourth-order valence-electron chi connectivity index (χ4n) is 3.41. The molecule has 2 N–H and O–H groups in total. The zero-order valence-corrected chi connectivity index (χ0v) is 12.2. The Labute approximate surface area is 128 Å². The van der Waals surface area contributed by atoms with Gasteiger partial charge in [0.05, 0.1) is 5.69 Å². The maximum Gasteiger partial charge on any atom is 0.228 e. The summed E-state index contributed by atoms with van der Waals surface area (Å²) in [4.78, 5) is 20.8. The summed E-state index contributed by atoms with van der Waals surface area (Å²) in [6, 6.07) is 3.66. The number of amides is 1. The Morgan fingerprint density at radius 1 is 1.41 bits per heavy atom. The van der Waals surface area contributed by atoms with Gasteiger partial charge in [0.15, 0.2) is 5.82 Å². The van der Waals surface area contributed by atoms with Crippen molar-refractivity contribution in [3.05, 3.63) is 31.0 Å². The van der Waals surface area contributed by atoms with Crippen LogP contribution in [0.1, 0.15) is 19.3 Å². The molecule has 1 unspecified atom stereocenters. The van der Waals surface area contributed by atoms with Gasteiger partial charge in [0.25, 0.3) is 0 Å². The quantitative estimate of drug-likeness (QED) is 0.882. The number of aromatic nitrogens is 4. The van der Waals surface area contributed by atoms with E-state index in [-0.39, 0.29) is 17.2 Å². The molecule has 1 spiro atoms. The molecular weight excluding hydrogens is 280 g/mol. The summed E-state index contributed by atoms with van der Waals surface area (Å²) >= 11 is 0. The molecule has 22 heavy (non-hydrogen) atoms. The van der Waals surface area contributed by atoms with E-state index in [0.29, 0.717) is 11.5 Å². The molecule has 1 aliphatic carbocycles. The lowest BCUT2D eigenvalue weighted by atomic mass is 9.92. The minimum Gasteiger partial charge on any atom is -0.323 e. The number of hydrogen-bond donors (Lipinski definition) is 2. The predicted molar refractivity (Wildman–Crippen MR) is 80.4 cm³/mol. The number of nitrogens with zero attached hydrogens (tertiary/aromatic N) is 4. The molecule has 2 aromatic heterocycles. The number of hydrogen-bond acceptors (Lipinski definition) is 5. The van der Waals surface area contributed by atoms with Gasteiger partial charge in [-0.05, 0) is 49.9 Å². The zero-order valence-electron chi connectivity index (χ0n) is 12.2. The van der Waals surface area contributed by atoms with E-state index in [0.717, 1.165) is 32.4 Å². The Morgan fingerprint density at radius 2 is 2.27 bits per heavy atom. The van der Waals surface area contributed by atoms with Gasteiger partial charge in [-0.2, -0.15) is 5.10 Å². The van der Waals surface area contributed by atoms with Gasteiger partial charge in [-0.15, -0.1) is 0 Å². The molecule has 2 aromatic rings. The van der Waals surface area contributed by atoms with Gasteiger partial charge < -0.3 is 10.6 Å². The van der Waals surface area contributed by atoms with Crippen molar-refractivity contribution >= 4 is 11.6 Å². The Morgan fingerprint density at radius 3 is 3.05 bits per heavy atom. The fraction of sp³-hybridized carbons (Fsp3) is 0.467. The first kappa shape index (κ1) is 13.4. The molecule has 1 saturated heterocycles. The number of rotatable bonds is 3. The molecular formula is C15H18N6O. The number of carbonyl (C=O) groups is 1. The van der Waals surface area contributed by atoms with E-state index in [1.165, 1.54) is 6.33 Å². The summed E-state index contributed by atoms with van der Waals surface area (Å²) in [5.41, 5.74) is 0.902. The van der Waals surface area contributed by atoms with Crippen LogP contribution in [-0.4, -0.2) is 38.7 Å².